The minimum absolute atomic E-state index is 0.880. The summed E-state index contributed by atoms with van der Waals surface area (Å²) in [6.45, 7) is 9.81. The van der Waals surface area contributed by atoms with Gasteiger partial charge in [0.1, 0.15) is 5.82 Å². The maximum Gasteiger partial charge on any atom is 0.110 e. The average molecular weight is 369 g/mol. The Kier molecular flexibility index (Phi) is 5.04. The van der Waals surface area contributed by atoms with Gasteiger partial charge in [0, 0.05) is 13.0 Å². The van der Waals surface area contributed by atoms with Crippen molar-refractivity contribution in [2.24, 2.45) is 0 Å². The van der Waals surface area contributed by atoms with E-state index in [-0.39, 0.29) is 0 Å². The molecule has 2 heteroatoms. The third kappa shape index (κ3) is 3.47. The average Bonchev–Trinajstić information content (AvgIpc) is 3.06. The first-order valence-corrected chi connectivity index (χ1v) is 10.1. The van der Waals surface area contributed by atoms with Crippen molar-refractivity contribution in [2.45, 2.75) is 47.1 Å². The van der Waals surface area contributed by atoms with Gasteiger partial charge >= 0.3 is 0 Å². The second-order valence-electron chi connectivity index (χ2n) is 7.83. The molecule has 2 nitrogen and oxygen atoms in total. The van der Waals surface area contributed by atoms with Crippen LogP contribution in [0, 0.1) is 27.7 Å². The molecule has 1 heterocycles. The number of para-hydroxylation sites is 2. The quantitative estimate of drug-likeness (QED) is 0.416. The van der Waals surface area contributed by atoms with Crippen LogP contribution in [0.5, 0.6) is 0 Å². The number of aromatic nitrogens is 2. The fourth-order valence-electron chi connectivity index (χ4n) is 4.09. The standard InChI is InChI=1S/C26H28N2/c1-18-16-19(2)21(4)23(20(18)3)17-28-25-13-9-8-12-24(25)27-26(28)15-14-22-10-6-5-7-11-22/h5-13,16H,14-15,17H2,1-4H3. The zero-order valence-electron chi connectivity index (χ0n) is 17.3. The SMILES string of the molecule is Cc1cc(C)c(C)c(Cn2c(CCc3ccccc3)nc3ccccc32)c1C. The number of benzene rings is 3. The summed E-state index contributed by atoms with van der Waals surface area (Å²) in [5, 5.41) is 0. The summed E-state index contributed by atoms with van der Waals surface area (Å²) >= 11 is 0. The molecule has 28 heavy (non-hydrogen) atoms. The van der Waals surface area contributed by atoms with Gasteiger partial charge in [-0.05, 0) is 79.6 Å². The lowest BCUT2D eigenvalue weighted by Gasteiger charge is -2.18. The van der Waals surface area contributed by atoms with Crippen LogP contribution in [0.4, 0.5) is 0 Å². The highest BCUT2D eigenvalue weighted by molar-refractivity contribution is 5.76. The third-order valence-electron chi connectivity index (χ3n) is 6.05. The van der Waals surface area contributed by atoms with Gasteiger partial charge in [0.15, 0.2) is 0 Å². The van der Waals surface area contributed by atoms with Gasteiger partial charge in [-0.15, -0.1) is 0 Å². The van der Waals surface area contributed by atoms with Crippen LogP contribution in [-0.2, 0) is 19.4 Å². The van der Waals surface area contributed by atoms with E-state index in [1.165, 1.54) is 44.7 Å². The normalized spacial score (nSPS) is 11.3. The van der Waals surface area contributed by atoms with E-state index in [2.05, 4.69) is 92.9 Å². The number of nitrogens with zero attached hydrogens (tertiary/aromatic N) is 2. The molecule has 3 aromatic carbocycles. The molecular formula is C26H28N2. The summed E-state index contributed by atoms with van der Waals surface area (Å²) in [5.74, 6) is 1.17. The molecule has 142 valence electrons. The molecule has 0 aliphatic heterocycles. The van der Waals surface area contributed by atoms with Crippen LogP contribution < -0.4 is 0 Å². The largest absolute Gasteiger partial charge is 0.323 e. The minimum atomic E-state index is 0.880. The summed E-state index contributed by atoms with van der Waals surface area (Å²) in [5.41, 5.74) is 10.6. The Morgan fingerprint density at radius 2 is 1.39 bits per heavy atom. The number of hydrogen-bond acceptors (Lipinski definition) is 1. The van der Waals surface area contributed by atoms with Gasteiger partial charge in [-0.25, -0.2) is 4.98 Å². The van der Waals surface area contributed by atoms with Gasteiger partial charge < -0.3 is 4.57 Å². The van der Waals surface area contributed by atoms with Crippen LogP contribution >= 0.6 is 0 Å². The molecule has 4 rings (SSSR count). The summed E-state index contributed by atoms with van der Waals surface area (Å²) in [6.07, 6.45) is 1.95. The van der Waals surface area contributed by atoms with E-state index in [1.807, 2.05) is 0 Å². The molecule has 0 aliphatic rings. The first kappa shape index (κ1) is 18.5. The smallest absolute Gasteiger partial charge is 0.110 e. The van der Waals surface area contributed by atoms with Crippen LogP contribution in [0.2, 0.25) is 0 Å². The predicted octanol–water partition coefficient (Wildman–Crippen LogP) is 6.10. The van der Waals surface area contributed by atoms with Crippen molar-refractivity contribution in [1.82, 2.24) is 9.55 Å². The highest BCUT2D eigenvalue weighted by Gasteiger charge is 2.15. The van der Waals surface area contributed by atoms with Crippen LogP contribution in [0.1, 0.15) is 39.2 Å². The Hall–Kier alpha value is -2.87. The maximum absolute atomic E-state index is 4.99. The molecule has 0 radical (unpaired) electrons. The summed E-state index contributed by atoms with van der Waals surface area (Å²) in [6, 6.07) is 21.5. The molecule has 0 saturated carbocycles. The highest BCUT2D eigenvalue weighted by atomic mass is 15.1. The predicted molar refractivity (Wildman–Crippen MR) is 118 cm³/mol. The van der Waals surface area contributed by atoms with E-state index in [0.29, 0.717) is 0 Å². The van der Waals surface area contributed by atoms with Crippen LogP contribution in [0.3, 0.4) is 0 Å². The summed E-state index contributed by atoms with van der Waals surface area (Å²) in [7, 11) is 0. The van der Waals surface area contributed by atoms with Gasteiger partial charge in [0.05, 0.1) is 11.0 Å². The first-order chi connectivity index (χ1) is 13.5. The number of aryl methyl sites for hydroxylation is 4. The molecule has 0 bridgehead atoms. The van der Waals surface area contributed by atoms with Gasteiger partial charge in [0.25, 0.3) is 0 Å². The summed E-state index contributed by atoms with van der Waals surface area (Å²) < 4.78 is 2.42. The van der Waals surface area contributed by atoms with Crippen molar-refractivity contribution >= 4 is 11.0 Å². The molecule has 0 amide bonds. The topological polar surface area (TPSA) is 17.8 Å². The third-order valence-corrected chi connectivity index (χ3v) is 6.05. The number of rotatable bonds is 5. The molecule has 0 spiro atoms. The Morgan fingerprint density at radius 3 is 2.11 bits per heavy atom. The van der Waals surface area contributed by atoms with Crippen LogP contribution in [0.25, 0.3) is 11.0 Å². The number of hydrogen-bond donors (Lipinski definition) is 0. The molecular weight excluding hydrogens is 340 g/mol. The van der Waals surface area contributed by atoms with Crippen molar-refractivity contribution < 1.29 is 0 Å². The Bertz CT molecular complexity index is 1090. The Morgan fingerprint density at radius 1 is 0.750 bits per heavy atom. The van der Waals surface area contributed by atoms with Gasteiger partial charge in [0.2, 0.25) is 0 Å². The number of imidazole rings is 1. The van der Waals surface area contributed by atoms with Crippen LogP contribution in [0.15, 0.2) is 60.7 Å². The summed E-state index contributed by atoms with van der Waals surface area (Å²) in [4.78, 5) is 4.99. The lowest BCUT2D eigenvalue weighted by molar-refractivity contribution is 0.723. The molecule has 0 unspecified atom stereocenters. The minimum Gasteiger partial charge on any atom is -0.323 e. The number of fused-ring (bicyclic) bond motifs is 1. The van der Waals surface area contributed by atoms with Crippen molar-refractivity contribution in [3.8, 4) is 0 Å². The molecule has 0 saturated heterocycles. The zero-order valence-corrected chi connectivity index (χ0v) is 17.3. The molecule has 0 N–H and O–H groups in total. The second-order valence-corrected chi connectivity index (χ2v) is 7.83. The Balaban J connectivity index is 1.76. The zero-order chi connectivity index (χ0) is 19.7. The van der Waals surface area contributed by atoms with Crippen molar-refractivity contribution in [3.63, 3.8) is 0 Å². The second kappa shape index (κ2) is 7.63. The maximum atomic E-state index is 4.99. The fraction of sp³-hybridized carbons (Fsp3) is 0.269. The van der Waals surface area contributed by atoms with E-state index in [4.69, 9.17) is 4.98 Å². The fourth-order valence-corrected chi connectivity index (χ4v) is 4.09. The van der Waals surface area contributed by atoms with Crippen molar-refractivity contribution in [1.29, 1.82) is 0 Å². The molecule has 0 atom stereocenters. The van der Waals surface area contributed by atoms with Crippen molar-refractivity contribution in [2.75, 3.05) is 0 Å². The Labute approximate surface area is 167 Å². The van der Waals surface area contributed by atoms with Gasteiger partial charge in [-0.2, -0.15) is 0 Å². The van der Waals surface area contributed by atoms with Gasteiger partial charge in [-0.3, -0.25) is 0 Å². The molecule has 4 aromatic rings. The highest BCUT2D eigenvalue weighted by Crippen LogP contribution is 2.26. The van der Waals surface area contributed by atoms with E-state index >= 15 is 0 Å². The van der Waals surface area contributed by atoms with E-state index in [1.54, 1.807) is 0 Å². The van der Waals surface area contributed by atoms with Crippen molar-refractivity contribution in [3.05, 3.63) is 99.9 Å². The van der Waals surface area contributed by atoms with Crippen LogP contribution in [-0.4, -0.2) is 9.55 Å². The van der Waals surface area contributed by atoms with E-state index in [9.17, 15) is 0 Å². The monoisotopic (exact) mass is 368 g/mol. The molecule has 1 aromatic heterocycles. The lowest BCUT2D eigenvalue weighted by atomic mass is 9.94. The van der Waals surface area contributed by atoms with E-state index in [0.717, 1.165) is 24.9 Å². The lowest BCUT2D eigenvalue weighted by Crippen LogP contribution is -2.10. The van der Waals surface area contributed by atoms with Gasteiger partial charge in [-0.1, -0.05) is 48.5 Å². The first-order valence-electron chi connectivity index (χ1n) is 10.1. The molecule has 0 aliphatic carbocycles. The molecule has 0 fully saturated rings. The van der Waals surface area contributed by atoms with E-state index < -0.39 is 0 Å².